The van der Waals surface area contributed by atoms with Crippen molar-refractivity contribution >= 4 is 52.3 Å². The number of carbonyl (C=O) groups is 1. The maximum atomic E-state index is 12.2. The van der Waals surface area contributed by atoms with E-state index < -0.39 is 11.4 Å². The molecule has 0 bridgehead atoms. The number of nitrogens with two attached hydrogens (primary N) is 1. The molecule has 3 N–H and O–H groups in total. The van der Waals surface area contributed by atoms with Gasteiger partial charge in [-0.3, -0.25) is 4.79 Å². The van der Waals surface area contributed by atoms with Crippen molar-refractivity contribution in [3.8, 4) is 22.4 Å². The Kier molecular flexibility index (Phi) is 6.09. The van der Waals surface area contributed by atoms with Crippen molar-refractivity contribution < 1.29 is 4.79 Å². The Bertz CT molecular complexity index is 1460. The number of anilines is 1. The summed E-state index contributed by atoms with van der Waals surface area (Å²) in [6, 6.07) is 12.7. The number of hydrogen-bond acceptors (Lipinski definition) is 6. The van der Waals surface area contributed by atoms with Crippen LogP contribution in [0.25, 0.3) is 28.0 Å². The molecule has 0 aliphatic carbocycles. The Morgan fingerprint density at radius 2 is 1.83 bits per heavy atom. The maximum absolute atomic E-state index is 12.2. The Morgan fingerprint density at radius 3 is 2.49 bits per heavy atom. The molecule has 8 nitrogen and oxygen atoms in total. The first-order chi connectivity index (χ1) is 16.7. The fourth-order valence-corrected chi connectivity index (χ4v) is 5.18. The van der Waals surface area contributed by atoms with Crippen molar-refractivity contribution in [2.75, 3.05) is 24.5 Å². The summed E-state index contributed by atoms with van der Waals surface area (Å²) in [5.74, 6) is 0.694. The Labute approximate surface area is 217 Å². The lowest BCUT2D eigenvalue weighted by Gasteiger charge is -2.48. The molecule has 1 aliphatic heterocycles. The van der Waals surface area contributed by atoms with Crippen LogP contribution in [0.4, 0.5) is 5.95 Å². The van der Waals surface area contributed by atoms with Gasteiger partial charge in [-0.1, -0.05) is 66.0 Å². The molecule has 1 amide bonds. The molecule has 2 aromatic heterocycles. The number of aryl methyl sites for hydroxylation is 1. The smallest absolute Gasteiger partial charge is 0.241 e. The molecule has 180 valence electrons. The van der Waals surface area contributed by atoms with E-state index in [1.165, 1.54) is 0 Å². The van der Waals surface area contributed by atoms with Crippen molar-refractivity contribution in [1.82, 2.24) is 24.9 Å². The van der Waals surface area contributed by atoms with E-state index in [4.69, 9.17) is 50.6 Å². The third-order valence-corrected chi connectivity index (χ3v) is 6.98. The Morgan fingerprint density at radius 1 is 1.09 bits per heavy atom. The lowest BCUT2D eigenvalue weighted by atomic mass is 9.89. The van der Waals surface area contributed by atoms with Gasteiger partial charge in [0.15, 0.2) is 5.65 Å². The largest absolute Gasteiger partial charge is 0.368 e. The number of amides is 1. The van der Waals surface area contributed by atoms with E-state index in [-0.39, 0.29) is 0 Å². The molecule has 0 saturated carbocycles. The summed E-state index contributed by atoms with van der Waals surface area (Å²) in [5, 5.41) is 9.63. The minimum atomic E-state index is -0.818. The van der Waals surface area contributed by atoms with Crippen LogP contribution in [0.2, 0.25) is 15.1 Å². The number of benzene rings is 2. The van der Waals surface area contributed by atoms with E-state index in [2.05, 4.69) is 10.3 Å². The van der Waals surface area contributed by atoms with Crippen LogP contribution in [0, 0.1) is 6.92 Å². The molecule has 0 unspecified atom stereocenters. The minimum Gasteiger partial charge on any atom is -0.368 e. The normalized spacial score (nSPS) is 14.8. The SMILES string of the molecule is CCNC1(C(N)=O)CN(c2nc(C)nc3c(-c4ccc(Cl)cc4Cl)c(-c4ccccc4Cl)nn23)C1. The number of aromatic nitrogens is 4. The van der Waals surface area contributed by atoms with Crippen LogP contribution < -0.4 is 16.0 Å². The Hall–Kier alpha value is -2.91. The van der Waals surface area contributed by atoms with Gasteiger partial charge in [-0.25, -0.2) is 4.98 Å². The summed E-state index contributed by atoms with van der Waals surface area (Å²) < 4.78 is 1.67. The zero-order valence-electron chi connectivity index (χ0n) is 19.0. The summed E-state index contributed by atoms with van der Waals surface area (Å²) in [6.45, 7) is 5.09. The monoisotopic (exact) mass is 529 g/mol. The van der Waals surface area contributed by atoms with E-state index in [1.807, 2.05) is 43.0 Å². The number of nitrogens with zero attached hydrogens (tertiary/aromatic N) is 5. The highest BCUT2D eigenvalue weighted by molar-refractivity contribution is 6.37. The van der Waals surface area contributed by atoms with Gasteiger partial charge in [-0.15, -0.1) is 0 Å². The molecule has 0 atom stereocenters. The van der Waals surface area contributed by atoms with Gasteiger partial charge in [0, 0.05) is 29.2 Å². The lowest BCUT2D eigenvalue weighted by Crippen LogP contribution is -2.75. The van der Waals surface area contributed by atoms with E-state index in [1.54, 1.807) is 22.7 Å². The molecular formula is C24H22Cl3N7O. The van der Waals surface area contributed by atoms with Gasteiger partial charge in [-0.2, -0.15) is 14.6 Å². The molecule has 1 aliphatic rings. The fraction of sp³-hybridized carbons (Fsp3) is 0.250. The molecule has 1 saturated heterocycles. The standard InChI is InChI=1S/C24H22Cl3N7O/c1-3-29-24(22(28)35)11-33(12-24)23-31-13(2)30-21-19(15-9-8-14(25)10-18(15)27)20(32-34(21)23)16-6-4-5-7-17(16)26/h4-10,29H,3,11-12H2,1-2H3,(H2,28,35). The van der Waals surface area contributed by atoms with Crippen LogP contribution in [0.1, 0.15) is 12.7 Å². The predicted octanol–water partition coefficient (Wildman–Crippen LogP) is 4.38. The molecule has 11 heteroatoms. The number of nitrogens with one attached hydrogen (secondary N) is 1. The molecule has 2 aromatic carbocycles. The third kappa shape index (κ3) is 4.00. The van der Waals surface area contributed by atoms with E-state index in [0.717, 1.165) is 5.56 Å². The number of primary amides is 1. The van der Waals surface area contributed by atoms with Crippen molar-refractivity contribution in [2.24, 2.45) is 5.73 Å². The van der Waals surface area contributed by atoms with Crippen LogP contribution in [-0.2, 0) is 4.79 Å². The second kappa shape index (κ2) is 8.95. The molecule has 5 rings (SSSR count). The highest BCUT2D eigenvalue weighted by Gasteiger charge is 2.49. The van der Waals surface area contributed by atoms with Crippen molar-refractivity contribution in [2.45, 2.75) is 19.4 Å². The first-order valence-electron chi connectivity index (χ1n) is 11.0. The van der Waals surface area contributed by atoms with E-state index >= 15 is 0 Å². The van der Waals surface area contributed by atoms with Crippen LogP contribution >= 0.6 is 34.8 Å². The second-order valence-corrected chi connectivity index (χ2v) is 9.72. The van der Waals surface area contributed by atoms with Crippen molar-refractivity contribution in [3.05, 3.63) is 63.4 Å². The number of carbonyl (C=O) groups excluding carboxylic acids is 1. The average molecular weight is 531 g/mol. The number of halogens is 3. The lowest BCUT2D eigenvalue weighted by molar-refractivity contribution is -0.125. The summed E-state index contributed by atoms with van der Waals surface area (Å²) in [6.07, 6.45) is 0. The average Bonchev–Trinajstić information content (AvgIpc) is 3.14. The van der Waals surface area contributed by atoms with Crippen LogP contribution in [0.5, 0.6) is 0 Å². The van der Waals surface area contributed by atoms with Gasteiger partial charge in [0.1, 0.15) is 17.1 Å². The number of rotatable bonds is 6. The molecule has 0 spiro atoms. The third-order valence-electron chi connectivity index (χ3n) is 6.10. The topological polar surface area (TPSA) is 101 Å². The molecule has 0 radical (unpaired) electrons. The van der Waals surface area contributed by atoms with Crippen LogP contribution in [-0.4, -0.2) is 50.7 Å². The van der Waals surface area contributed by atoms with E-state index in [9.17, 15) is 4.79 Å². The first kappa shape index (κ1) is 23.8. The van der Waals surface area contributed by atoms with Gasteiger partial charge in [-0.05, 0) is 31.7 Å². The fourth-order valence-electron chi connectivity index (χ4n) is 4.45. The first-order valence-corrected chi connectivity index (χ1v) is 12.1. The number of fused-ring (bicyclic) bond motifs is 1. The van der Waals surface area contributed by atoms with Gasteiger partial charge in [0.05, 0.1) is 15.6 Å². The molecule has 1 fully saturated rings. The summed E-state index contributed by atoms with van der Waals surface area (Å²) in [5.41, 5.74) is 8.21. The maximum Gasteiger partial charge on any atom is 0.241 e. The highest BCUT2D eigenvalue weighted by atomic mass is 35.5. The van der Waals surface area contributed by atoms with Crippen LogP contribution in [0.3, 0.4) is 0 Å². The Balaban J connectivity index is 1.75. The van der Waals surface area contributed by atoms with Crippen LogP contribution in [0.15, 0.2) is 42.5 Å². The predicted molar refractivity (Wildman–Crippen MR) is 139 cm³/mol. The molecular weight excluding hydrogens is 509 g/mol. The number of likely N-dealkylation sites (N-methyl/N-ethyl adjacent to an activating group) is 1. The highest BCUT2D eigenvalue weighted by Crippen LogP contribution is 2.42. The molecule has 3 heterocycles. The van der Waals surface area contributed by atoms with Crippen molar-refractivity contribution in [1.29, 1.82) is 0 Å². The van der Waals surface area contributed by atoms with Crippen molar-refractivity contribution in [3.63, 3.8) is 0 Å². The summed E-state index contributed by atoms with van der Waals surface area (Å²) >= 11 is 19.4. The van der Waals surface area contributed by atoms with Gasteiger partial charge >= 0.3 is 0 Å². The molecule has 4 aromatic rings. The zero-order chi connectivity index (χ0) is 24.9. The zero-order valence-corrected chi connectivity index (χ0v) is 21.3. The number of hydrogen-bond donors (Lipinski definition) is 2. The van der Waals surface area contributed by atoms with Gasteiger partial charge in [0.25, 0.3) is 0 Å². The molecule has 35 heavy (non-hydrogen) atoms. The second-order valence-electron chi connectivity index (χ2n) is 8.47. The summed E-state index contributed by atoms with van der Waals surface area (Å²) in [4.78, 5) is 23.5. The van der Waals surface area contributed by atoms with Gasteiger partial charge < -0.3 is 16.0 Å². The minimum absolute atomic E-state index is 0.361. The quantitative estimate of drug-likeness (QED) is 0.384. The van der Waals surface area contributed by atoms with Gasteiger partial charge in [0.2, 0.25) is 11.9 Å². The van der Waals surface area contributed by atoms with E-state index in [0.29, 0.717) is 68.9 Å². The summed E-state index contributed by atoms with van der Waals surface area (Å²) in [7, 11) is 0.